The first-order chi connectivity index (χ1) is 27.9. The number of carbonyl (C=O) groups is 6. The molecule has 4 fully saturated rings. The topological polar surface area (TPSA) is 204 Å². The van der Waals surface area contributed by atoms with Crippen LogP contribution >= 0.6 is 0 Å². The Hall–Kier alpha value is -4.94. The molecule has 59 heavy (non-hydrogen) atoms. The number of Topliss-reactive ketones (excluding diaryl/α,β-unsaturated/α-hetero) is 1. The Kier molecular flexibility index (Phi) is 11.6. The van der Waals surface area contributed by atoms with Gasteiger partial charge in [0.2, 0.25) is 27.6 Å². The molecule has 2 saturated heterocycles. The number of nitrogens with zero attached hydrogens (tertiary/aromatic N) is 3. The molecule has 0 bridgehead atoms. The standard InChI is InChI=1S/C41H52FN7O9S/c1-5-26-20-41(26,38(54)45-36(52)33(50)24-9-10-24)46-35(51)32-19-28(58-39(55)47-21-25-7-6-8-31(42)30(25)23-47)22-49(32)37(53)34(40(2,3)4)44-27-11-13-29(14-12-27)59(56,57)48-17-15-43-16-18-48/h6-8,11-14,24,26,28,32,34,43-44H,5,9-10,15-23H2,1-4H3,(H,46,51)(H,45,52,54)/t26?,28-,32?,34-,41-/m1/s1. The lowest BCUT2D eigenvalue weighted by atomic mass is 9.85. The number of amides is 5. The van der Waals surface area contributed by atoms with Gasteiger partial charge in [0, 0.05) is 56.3 Å². The molecule has 5 atom stereocenters. The highest BCUT2D eigenvalue weighted by atomic mass is 32.2. The summed E-state index contributed by atoms with van der Waals surface area (Å²) in [5, 5.41) is 11.4. The van der Waals surface area contributed by atoms with Crippen LogP contribution in [0.3, 0.4) is 0 Å². The van der Waals surface area contributed by atoms with Crippen molar-refractivity contribution >= 4 is 51.2 Å². The molecule has 5 aliphatic rings. The molecule has 2 aromatic carbocycles. The maximum atomic E-state index is 14.8. The second-order valence-corrected chi connectivity index (χ2v) is 19.2. The number of benzene rings is 2. The molecule has 3 aliphatic heterocycles. The maximum Gasteiger partial charge on any atom is 0.410 e. The number of hydrogen-bond acceptors (Lipinski definition) is 11. The van der Waals surface area contributed by atoms with Crippen LogP contribution in [-0.4, -0.2) is 114 Å². The molecule has 2 aliphatic carbocycles. The Morgan fingerprint density at radius 2 is 1.69 bits per heavy atom. The Bertz CT molecular complexity index is 2140. The van der Waals surface area contributed by atoms with E-state index >= 15 is 0 Å². The van der Waals surface area contributed by atoms with Crippen LogP contribution in [0.2, 0.25) is 0 Å². The molecular weight excluding hydrogens is 786 g/mol. The van der Waals surface area contributed by atoms with Crippen molar-refractivity contribution in [1.29, 1.82) is 0 Å². The smallest absolute Gasteiger partial charge is 0.410 e. The summed E-state index contributed by atoms with van der Waals surface area (Å²) in [4.78, 5) is 84.0. The van der Waals surface area contributed by atoms with Crippen LogP contribution in [-0.2, 0) is 51.8 Å². The number of likely N-dealkylation sites (tertiary alicyclic amines) is 1. The molecule has 3 heterocycles. The van der Waals surface area contributed by atoms with Gasteiger partial charge in [0.15, 0.2) is 0 Å². The Labute approximate surface area is 343 Å². The SMILES string of the molecule is CCC1C[C@]1(NC(=O)C1C[C@@H](OC(=O)N2Cc3cccc(F)c3C2)CN1C(=O)[C@@H](Nc1ccc(S(=O)(=O)N2CCNCC2)cc1)C(C)(C)C)C(=O)NC(=O)C(=O)C1CC1. The van der Waals surface area contributed by atoms with E-state index in [2.05, 4.69) is 21.3 Å². The number of hydrogen-bond donors (Lipinski definition) is 4. The van der Waals surface area contributed by atoms with Crippen molar-refractivity contribution in [3.63, 3.8) is 0 Å². The zero-order valence-electron chi connectivity index (χ0n) is 33.7. The Balaban J connectivity index is 1.11. The summed E-state index contributed by atoms with van der Waals surface area (Å²) < 4.78 is 48.4. The number of piperazine rings is 1. The van der Waals surface area contributed by atoms with Crippen molar-refractivity contribution in [2.24, 2.45) is 17.3 Å². The van der Waals surface area contributed by atoms with E-state index in [0.717, 1.165) is 0 Å². The van der Waals surface area contributed by atoms with E-state index in [4.69, 9.17) is 4.74 Å². The van der Waals surface area contributed by atoms with Crippen LogP contribution < -0.4 is 21.3 Å². The minimum Gasteiger partial charge on any atom is -0.444 e. The van der Waals surface area contributed by atoms with Gasteiger partial charge in [-0.3, -0.25) is 34.2 Å². The van der Waals surface area contributed by atoms with Crippen LogP contribution in [0.4, 0.5) is 14.9 Å². The van der Waals surface area contributed by atoms with Crippen molar-refractivity contribution in [3.05, 3.63) is 59.4 Å². The second kappa shape index (κ2) is 16.3. The molecule has 2 unspecified atom stereocenters. The van der Waals surface area contributed by atoms with Crippen molar-refractivity contribution in [2.45, 2.75) is 102 Å². The fourth-order valence-electron chi connectivity index (χ4n) is 8.26. The fraction of sp³-hybridized carbons (Fsp3) is 0.561. The Morgan fingerprint density at radius 3 is 2.31 bits per heavy atom. The third-order valence-corrected chi connectivity index (χ3v) is 14.0. The molecular formula is C41H52FN7O9S. The summed E-state index contributed by atoms with van der Waals surface area (Å²) in [6.45, 7) is 9.02. The lowest BCUT2D eigenvalue weighted by Crippen LogP contribution is -2.59. The summed E-state index contributed by atoms with van der Waals surface area (Å²) in [6.07, 6.45) is 0.0137. The van der Waals surface area contributed by atoms with Gasteiger partial charge in [-0.05, 0) is 66.5 Å². The molecule has 5 amide bonds. The number of ether oxygens (including phenoxy) is 1. The maximum absolute atomic E-state index is 14.8. The van der Waals surface area contributed by atoms with E-state index in [1.165, 1.54) is 32.3 Å². The fourth-order valence-corrected chi connectivity index (χ4v) is 9.70. The van der Waals surface area contributed by atoms with Gasteiger partial charge in [-0.25, -0.2) is 17.6 Å². The monoisotopic (exact) mass is 837 g/mol. The molecule has 2 saturated carbocycles. The molecule has 0 spiro atoms. The predicted octanol–water partition coefficient (Wildman–Crippen LogP) is 2.27. The quantitative estimate of drug-likeness (QED) is 0.229. The second-order valence-electron chi connectivity index (χ2n) is 17.3. The number of nitrogens with one attached hydrogen (secondary N) is 4. The molecule has 4 N–H and O–H groups in total. The highest BCUT2D eigenvalue weighted by molar-refractivity contribution is 7.89. The molecule has 2 aromatic rings. The van der Waals surface area contributed by atoms with Crippen LogP contribution in [0.15, 0.2) is 47.4 Å². The number of imide groups is 1. The number of ketones is 1. The van der Waals surface area contributed by atoms with Crippen LogP contribution in [0.1, 0.15) is 70.9 Å². The molecule has 18 heteroatoms. The van der Waals surface area contributed by atoms with E-state index in [1.54, 1.807) is 24.3 Å². The van der Waals surface area contributed by atoms with Crippen molar-refractivity contribution < 1.29 is 46.3 Å². The van der Waals surface area contributed by atoms with Gasteiger partial charge >= 0.3 is 6.09 Å². The summed E-state index contributed by atoms with van der Waals surface area (Å²) in [5.74, 6) is -4.90. The normalized spacial score (nSPS) is 24.8. The first-order valence-corrected chi connectivity index (χ1v) is 21.7. The average molecular weight is 838 g/mol. The van der Waals surface area contributed by atoms with Gasteiger partial charge in [-0.1, -0.05) is 46.2 Å². The number of carbonyl (C=O) groups excluding carboxylic acids is 6. The number of fused-ring (bicyclic) bond motifs is 1. The molecule has 318 valence electrons. The van der Waals surface area contributed by atoms with Crippen LogP contribution in [0, 0.1) is 23.1 Å². The summed E-state index contributed by atoms with van der Waals surface area (Å²) >= 11 is 0. The van der Waals surface area contributed by atoms with E-state index < -0.39 is 86.4 Å². The van der Waals surface area contributed by atoms with Crippen molar-refractivity contribution in [3.8, 4) is 0 Å². The average Bonchev–Trinajstić information content (AvgIpc) is 4.09. The van der Waals surface area contributed by atoms with Crippen LogP contribution in [0.5, 0.6) is 0 Å². The predicted molar refractivity (Wildman–Crippen MR) is 211 cm³/mol. The highest BCUT2D eigenvalue weighted by Crippen LogP contribution is 2.46. The van der Waals surface area contributed by atoms with Gasteiger partial charge in [-0.15, -0.1) is 0 Å². The van der Waals surface area contributed by atoms with E-state index in [-0.39, 0.29) is 43.3 Å². The molecule has 0 aromatic heterocycles. The molecule has 7 rings (SSSR count). The zero-order valence-corrected chi connectivity index (χ0v) is 34.5. The summed E-state index contributed by atoms with van der Waals surface area (Å²) in [7, 11) is -3.74. The number of anilines is 1. The minimum absolute atomic E-state index is 0.0104. The number of rotatable bonds is 12. The first kappa shape index (κ1) is 42.2. The van der Waals surface area contributed by atoms with Gasteiger partial charge in [0.25, 0.3) is 11.8 Å². The summed E-state index contributed by atoms with van der Waals surface area (Å²) in [6, 6.07) is 8.50. The zero-order chi connectivity index (χ0) is 42.4. The number of sulfonamides is 1. The minimum atomic E-state index is -3.74. The van der Waals surface area contributed by atoms with Gasteiger partial charge in [0.05, 0.1) is 18.0 Å². The van der Waals surface area contributed by atoms with E-state index in [0.29, 0.717) is 62.3 Å². The van der Waals surface area contributed by atoms with Gasteiger partial charge in [-0.2, -0.15) is 4.31 Å². The third kappa shape index (κ3) is 8.71. The largest absolute Gasteiger partial charge is 0.444 e. The third-order valence-electron chi connectivity index (χ3n) is 12.0. The van der Waals surface area contributed by atoms with E-state index in [1.807, 2.05) is 27.7 Å². The Morgan fingerprint density at radius 1 is 1.00 bits per heavy atom. The van der Waals surface area contributed by atoms with Crippen molar-refractivity contribution in [2.75, 3.05) is 38.0 Å². The number of halogens is 1. The molecule has 0 radical (unpaired) electrons. The lowest BCUT2D eigenvalue weighted by Gasteiger charge is -2.36. The first-order valence-electron chi connectivity index (χ1n) is 20.2. The van der Waals surface area contributed by atoms with E-state index in [9.17, 15) is 41.6 Å². The molecule has 16 nitrogen and oxygen atoms in total. The van der Waals surface area contributed by atoms with Gasteiger partial charge in [0.1, 0.15) is 29.5 Å². The lowest BCUT2D eigenvalue weighted by molar-refractivity contribution is -0.144. The van der Waals surface area contributed by atoms with Crippen molar-refractivity contribution in [1.82, 2.24) is 30.1 Å². The van der Waals surface area contributed by atoms with Gasteiger partial charge < -0.3 is 25.6 Å². The highest BCUT2D eigenvalue weighted by Gasteiger charge is 2.62. The summed E-state index contributed by atoms with van der Waals surface area (Å²) in [5.41, 5.74) is -0.787. The van der Waals surface area contributed by atoms with Crippen LogP contribution in [0.25, 0.3) is 0 Å².